The Balaban J connectivity index is 1.31. The fourth-order valence-corrected chi connectivity index (χ4v) is 6.31. The number of nitrogens with zero attached hydrogens (tertiary/aromatic N) is 3. The van der Waals surface area contributed by atoms with Gasteiger partial charge in [-0.2, -0.15) is 0 Å². The van der Waals surface area contributed by atoms with E-state index in [0.717, 1.165) is 55.1 Å². The Morgan fingerprint density at radius 2 is 0.956 bits per heavy atom. The molecule has 0 spiro atoms. The Kier molecular flexibility index (Phi) is 5.78. The van der Waals surface area contributed by atoms with Crippen molar-refractivity contribution in [2.24, 2.45) is 0 Å². The van der Waals surface area contributed by atoms with E-state index in [1.807, 2.05) is 54.6 Å². The predicted octanol–water partition coefficient (Wildman–Crippen LogP) is 10.7. The third-order valence-corrected chi connectivity index (χ3v) is 8.51. The highest BCUT2D eigenvalue weighted by Gasteiger charge is 2.19. The lowest BCUT2D eigenvalue weighted by atomic mass is 9.96. The third-order valence-electron chi connectivity index (χ3n) is 8.51. The van der Waals surface area contributed by atoms with Crippen molar-refractivity contribution < 1.29 is 4.42 Å². The Labute approximate surface area is 259 Å². The molecule has 4 heteroatoms. The van der Waals surface area contributed by atoms with Gasteiger partial charge in [-0.05, 0) is 56.9 Å². The van der Waals surface area contributed by atoms with Crippen LogP contribution in [0.15, 0.2) is 156 Å². The van der Waals surface area contributed by atoms with Crippen LogP contribution in [0.4, 0.5) is 0 Å². The van der Waals surface area contributed by atoms with Crippen LogP contribution in [0, 0.1) is 0 Å². The fourth-order valence-electron chi connectivity index (χ4n) is 6.31. The maximum absolute atomic E-state index is 6.35. The van der Waals surface area contributed by atoms with Crippen molar-refractivity contribution in [3.63, 3.8) is 0 Å². The summed E-state index contributed by atoms with van der Waals surface area (Å²) < 4.78 is 6.35. The van der Waals surface area contributed by atoms with Gasteiger partial charge in [0.25, 0.3) is 0 Å². The number of benzene rings is 7. The van der Waals surface area contributed by atoms with Crippen molar-refractivity contribution in [3.05, 3.63) is 152 Å². The largest absolute Gasteiger partial charge is 0.456 e. The molecular weight excluding hydrogens is 550 g/mol. The second-order valence-corrected chi connectivity index (χ2v) is 11.3. The Hall–Kier alpha value is -6.13. The topological polar surface area (TPSA) is 51.8 Å². The van der Waals surface area contributed by atoms with Crippen LogP contribution in [0.2, 0.25) is 0 Å². The minimum atomic E-state index is 0.596. The van der Waals surface area contributed by atoms with E-state index in [1.165, 1.54) is 16.2 Å². The lowest BCUT2D eigenvalue weighted by Gasteiger charge is -2.13. The third kappa shape index (κ3) is 4.35. The maximum Gasteiger partial charge on any atom is 0.164 e. The first-order chi connectivity index (χ1) is 22.3. The summed E-state index contributed by atoms with van der Waals surface area (Å²) >= 11 is 0. The molecule has 0 radical (unpaired) electrons. The highest BCUT2D eigenvalue weighted by molar-refractivity contribution is 6.09. The first-order valence-electron chi connectivity index (χ1n) is 15.0. The maximum atomic E-state index is 6.35. The van der Waals surface area contributed by atoms with Crippen LogP contribution in [0.5, 0.6) is 0 Å². The van der Waals surface area contributed by atoms with Gasteiger partial charge >= 0.3 is 0 Å². The summed E-state index contributed by atoms with van der Waals surface area (Å²) in [5.41, 5.74) is 6.53. The molecule has 210 valence electrons. The average Bonchev–Trinajstić information content (AvgIpc) is 3.49. The Morgan fingerprint density at radius 3 is 1.78 bits per heavy atom. The summed E-state index contributed by atoms with van der Waals surface area (Å²) in [6, 6.07) is 52.2. The predicted molar refractivity (Wildman–Crippen MR) is 184 cm³/mol. The van der Waals surface area contributed by atoms with Crippen LogP contribution in [0.25, 0.3) is 88.8 Å². The van der Waals surface area contributed by atoms with Crippen molar-refractivity contribution in [2.75, 3.05) is 0 Å². The van der Waals surface area contributed by atoms with Gasteiger partial charge in [0.2, 0.25) is 0 Å². The van der Waals surface area contributed by atoms with Crippen LogP contribution in [0.1, 0.15) is 0 Å². The number of rotatable bonds is 4. The van der Waals surface area contributed by atoms with E-state index in [4.69, 9.17) is 19.4 Å². The minimum absolute atomic E-state index is 0.596. The number of aromatic nitrogens is 3. The minimum Gasteiger partial charge on any atom is -0.456 e. The number of hydrogen-bond acceptors (Lipinski definition) is 4. The van der Waals surface area contributed by atoms with E-state index < -0.39 is 0 Å². The summed E-state index contributed by atoms with van der Waals surface area (Å²) in [4.78, 5) is 15.3. The van der Waals surface area contributed by atoms with E-state index in [9.17, 15) is 0 Å². The molecule has 2 aromatic heterocycles. The number of furan rings is 1. The molecule has 0 bridgehead atoms. The first kappa shape index (κ1) is 25.4. The van der Waals surface area contributed by atoms with Gasteiger partial charge in [-0.25, -0.2) is 15.0 Å². The van der Waals surface area contributed by atoms with E-state index in [-0.39, 0.29) is 0 Å². The molecule has 0 aliphatic carbocycles. The lowest BCUT2D eigenvalue weighted by molar-refractivity contribution is 0.669. The number of hydrogen-bond donors (Lipinski definition) is 0. The highest BCUT2D eigenvalue weighted by Crippen LogP contribution is 2.39. The van der Waals surface area contributed by atoms with Crippen molar-refractivity contribution >= 4 is 43.5 Å². The fraction of sp³-hybridized carbons (Fsp3) is 0. The molecule has 4 nitrogen and oxygen atoms in total. The molecule has 0 unspecified atom stereocenters. The molecular formula is C41H25N3O. The Bertz CT molecular complexity index is 2540. The standard InChI is InChI=1S/C41H25N3O/c1-3-11-26(12-4-1)34-24-35-33-17-9-10-18-37(33)45-38(35)25-36(34)41-43-39(28-14-5-2-6-15-28)42-40(44-41)30-21-22-32-29(23-30)20-19-27-13-7-8-16-31(27)32/h1-25H. The number of fused-ring (bicyclic) bond motifs is 6. The summed E-state index contributed by atoms with van der Waals surface area (Å²) in [7, 11) is 0. The molecule has 0 aliphatic rings. The van der Waals surface area contributed by atoms with Gasteiger partial charge < -0.3 is 4.42 Å². The van der Waals surface area contributed by atoms with Crippen molar-refractivity contribution in [2.45, 2.75) is 0 Å². The molecule has 45 heavy (non-hydrogen) atoms. The lowest BCUT2D eigenvalue weighted by Crippen LogP contribution is -2.01. The molecule has 7 aromatic carbocycles. The molecule has 0 atom stereocenters. The molecule has 0 amide bonds. The van der Waals surface area contributed by atoms with Gasteiger partial charge in [0, 0.05) is 27.5 Å². The normalized spacial score (nSPS) is 11.6. The number of para-hydroxylation sites is 1. The monoisotopic (exact) mass is 575 g/mol. The van der Waals surface area contributed by atoms with Crippen molar-refractivity contribution in [1.82, 2.24) is 15.0 Å². The highest BCUT2D eigenvalue weighted by atomic mass is 16.3. The molecule has 0 N–H and O–H groups in total. The van der Waals surface area contributed by atoms with Gasteiger partial charge in [0.05, 0.1) is 0 Å². The van der Waals surface area contributed by atoms with Crippen LogP contribution < -0.4 is 0 Å². The SMILES string of the molecule is c1ccc(-c2nc(-c3ccc4c(ccc5ccccc54)c3)nc(-c3cc4oc5ccccc5c4cc3-c3ccccc3)n2)cc1. The summed E-state index contributed by atoms with van der Waals surface area (Å²) in [5, 5.41) is 6.95. The van der Waals surface area contributed by atoms with Gasteiger partial charge in [0.15, 0.2) is 17.5 Å². The summed E-state index contributed by atoms with van der Waals surface area (Å²) in [6.07, 6.45) is 0. The van der Waals surface area contributed by atoms with E-state index in [0.29, 0.717) is 17.5 Å². The van der Waals surface area contributed by atoms with Crippen molar-refractivity contribution in [3.8, 4) is 45.3 Å². The second kappa shape index (κ2) is 10.2. The molecule has 0 saturated carbocycles. The van der Waals surface area contributed by atoms with E-state index >= 15 is 0 Å². The van der Waals surface area contributed by atoms with Crippen LogP contribution in [-0.4, -0.2) is 15.0 Å². The zero-order chi connectivity index (χ0) is 29.7. The van der Waals surface area contributed by atoms with Gasteiger partial charge in [-0.3, -0.25) is 0 Å². The van der Waals surface area contributed by atoms with Gasteiger partial charge in [0.1, 0.15) is 11.2 Å². The molecule has 0 saturated heterocycles. The Morgan fingerprint density at radius 1 is 0.333 bits per heavy atom. The average molecular weight is 576 g/mol. The zero-order valence-electron chi connectivity index (χ0n) is 24.2. The van der Waals surface area contributed by atoms with Crippen LogP contribution in [-0.2, 0) is 0 Å². The van der Waals surface area contributed by atoms with Crippen LogP contribution in [0.3, 0.4) is 0 Å². The first-order valence-corrected chi connectivity index (χ1v) is 15.0. The molecule has 9 rings (SSSR count). The summed E-state index contributed by atoms with van der Waals surface area (Å²) in [5.74, 6) is 1.84. The molecule has 9 aromatic rings. The molecule has 0 aliphatic heterocycles. The molecule has 2 heterocycles. The summed E-state index contributed by atoms with van der Waals surface area (Å²) in [6.45, 7) is 0. The quantitative estimate of drug-likeness (QED) is 0.196. The van der Waals surface area contributed by atoms with E-state index in [1.54, 1.807) is 0 Å². The van der Waals surface area contributed by atoms with E-state index in [2.05, 4.69) is 97.1 Å². The smallest absolute Gasteiger partial charge is 0.164 e. The zero-order valence-corrected chi connectivity index (χ0v) is 24.2. The van der Waals surface area contributed by atoms with Gasteiger partial charge in [-0.1, -0.05) is 127 Å². The van der Waals surface area contributed by atoms with Gasteiger partial charge in [-0.15, -0.1) is 0 Å². The molecule has 0 fully saturated rings. The second-order valence-electron chi connectivity index (χ2n) is 11.3. The van der Waals surface area contributed by atoms with Crippen LogP contribution >= 0.6 is 0 Å². The van der Waals surface area contributed by atoms with Crippen molar-refractivity contribution in [1.29, 1.82) is 0 Å².